The first-order chi connectivity index (χ1) is 5.29. The van der Waals surface area contributed by atoms with E-state index in [1.54, 1.807) is 0 Å². The topological polar surface area (TPSA) is 0 Å². The van der Waals surface area contributed by atoms with Crippen LogP contribution in [0.15, 0.2) is 30.3 Å². The number of rotatable bonds is 3. The Bertz CT molecular complexity index is 191. The normalized spacial score (nSPS) is 10.5. The van der Waals surface area contributed by atoms with E-state index < -0.39 is 0 Å². The van der Waals surface area contributed by atoms with Gasteiger partial charge in [-0.2, -0.15) is 0 Å². The van der Waals surface area contributed by atoms with Gasteiger partial charge in [0.25, 0.3) is 0 Å². The highest BCUT2D eigenvalue weighted by Crippen LogP contribution is 2.04. The lowest BCUT2D eigenvalue weighted by molar-refractivity contribution is 1.11. The van der Waals surface area contributed by atoms with Crippen molar-refractivity contribution in [3.8, 4) is 0 Å². The van der Waals surface area contributed by atoms with E-state index in [4.69, 9.17) is 0 Å². The summed E-state index contributed by atoms with van der Waals surface area (Å²) in [6.07, 6.45) is 1.27. The fourth-order valence-electron chi connectivity index (χ4n) is 1.04. The Morgan fingerprint density at radius 2 is 1.73 bits per heavy atom. The second kappa shape index (κ2) is 4.34. The highest BCUT2D eigenvalue weighted by Gasteiger charge is 1.96. The first-order valence-corrected chi connectivity index (χ1v) is 6.82. The Hall–Kier alpha value is -0.563. The van der Waals surface area contributed by atoms with E-state index in [0.717, 1.165) is 0 Å². The predicted octanol–water partition coefficient (Wildman–Crippen LogP) is 2.98. The van der Waals surface area contributed by atoms with E-state index in [-0.39, 0.29) is 8.80 Å². The molecule has 0 spiro atoms. The molecule has 0 unspecified atom stereocenters. The van der Waals surface area contributed by atoms with Crippen LogP contribution in [0, 0.1) is 0 Å². The molecule has 0 nitrogen and oxygen atoms in total. The van der Waals surface area contributed by atoms with Gasteiger partial charge in [-0.3, -0.25) is 0 Å². The lowest BCUT2D eigenvalue weighted by Gasteiger charge is -2.01. The second-order valence-electron chi connectivity index (χ2n) is 3.19. The zero-order valence-corrected chi connectivity index (χ0v) is 8.30. The Morgan fingerprint density at radius 3 is 2.27 bits per heavy atom. The van der Waals surface area contributed by atoms with E-state index in [0.29, 0.717) is 0 Å². The van der Waals surface area contributed by atoms with Gasteiger partial charge in [-0.05, 0) is 12.0 Å². The quantitative estimate of drug-likeness (QED) is 0.601. The summed E-state index contributed by atoms with van der Waals surface area (Å²) in [5.41, 5.74) is 1.48. The molecule has 0 aliphatic heterocycles. The van der Waals surface area contributed by atoms with Crippen molar-refractivity contribution in [2.75, 3.05) is 0 Å². The first kappa shape index (κ1) is 8.53. The van der Waals surface area contributed by atoms with Crippen LogP contribution in [0.5, 0.6) is 0 Å². The molecular formula is C10H15Si. The molecule has 1 heteroatoms. The van der Waals surface area contributed by atoms with Gasteiger partial charge in [0.1, 0.15) is 0 Å². The van der Waals surface area contributed by atoms with Gasteiger partial charge in [-0.1, -0.05) is 49.5 Å². The molecule has 1 rings (SSSR count). The Labute approximate surface area is 70.9 Å². The molecule has 1 aromatic carbocycles. The lowest BCUT2D eigenvalue weighted by Crippen LogP contribution is -2.00. The molecule has 0 bridgehead atoms. The average Bonchev–Trinajstić information content (AvgIpc) is 2.03. The summed E-state index contributed by atoms with van der Waals surface area (Å²) in [5, 5.41) is 0. The summed E-state index contributed by atoms with van der Waals surface area (Å²) < 4.78 is 0. The van der Waals surface area contributed by atoms with Crippen molar-refractivity contribution in [1.82, 2.24) is 0 Å². The molecular weight excluding hydrogens is 148 g/mol. The number of aryl methyl sites for hydroxylation is 1. The molecule has 1 aromatic rings. The monoisotopic (exact) mass is 163 g/mol. The largest absolute Gasteiger partial charge is 0.0713 e. The van der Waals surface area contributed by atoms with Crippen molar-refractivity contribution in [2.45, 2.75) is 25.6 Å². The van der Waals surface area contributed by atoms with Crippen LogP contribution < -0.4 is 0 Å². The smallest absolute Gasteiger partial charge is 0.0416 e. The minimum Gasteiger partial charge on any atom is -0.0713 e. The summed E-state index contributed by atoms with van der Waals surface area (Å²) in [4.78, 5) is 0. The molecule has 0 aliphatic carbocycles. The maximum Gasteiger partial charge on any atom is 0.0416 e. The van der Waals surface area contributed by atoms with E-state index >= 15 is 0 Å². The molecule has 0 saturated heterocycles. The number of benzene rings is 1. The highest BCUT2D eigenvalue weighted by molar-refractivity contribution is 6.55. The summed E-state index contributed by atoms with van der Waals surface area (Å²) in [6.45, 7) is 4.74. The van der Waals surface area contributed by atoms with Crippen LogP contribution in [0.25, 0.3) is 0 Å². The minimum absolute atomic E-state index is 0.0322. The molecule has 0 saturated carbocycles. The van der Waals surface area contributed by atoms with Crippen LogP contribution in [0.4, 0.5) is 0 Å². The van der Waals surface area contributed by atoms with Crippen molar-refractivity contribution in [1.29, 1.82) is 0 Å². The van der Waals surface area contributed by atoms with Gasteiger partial charge in [0.2, 0.25) is 0 Å². The van der Waals surface area contributed by atoms with Crippen LogP contribution in [0.2, 0.25) is 19.1 Å². The van der Waals surface area contributed by atoms with Gasteiger partial charge in [0, 0.05) is 8.80 Å². The SMILES string of the molecule is C[Si](C)CCc1ccccc1. The third-order valence-corrected chi connectivity index (χ3v) is 3.01. The van der Waals surface area contributed by atoms with Crippen molar-refractivity contribution < 1.29 is 0 Å². The number of hydrogen-bond donors (Lipinski definition) is 0. The highest BCUT2D eigenvalue weighted by atomic mass is 28.3. The first-order valence-electron chi connectivity index (χ1n) is 4.12. The fourth-order valence-corrected chi connectivity index (χ4v) is 1.83. The van der Waals surface area contributed by atoms with Gasteiger partial charge in [-0.15, -0.1) is 0 Å². The standard InChI is InChI=1S/C10H15Si/c1-11(2)9-8-10-6-4-3-5-7-10/h3-7H,8-9H2,1-2H3. The maximum absolute atomic E-state index is 2.37. The van der Waals surface area contributed by atoms with Gasteiger partial charge < -0.3 is 0 Å². The van der Waals surface area contributed by atoms with Crippen molar-refractivity contribution in [3.05, 3.63) is 35.9 Å². The summed E-state index contributed by atoms with van der Waals surface area (Å²) in [5.74, 6) is 0. The summed E-state index contributed by atoms with van der Waals surface area (Å²) in [6, 6.07) is 12.1. The Balaban J connectivity index is 2.39. The molecule has 1 radical (unpaired) electrons. The van der Waals surface area contributed by atoms with Gasteiger partial charge in [0.15, 0.2) is 0 Å². The Morgan fingerprint density at radius 1 is 1.09 bits per heavy atom. The zero-order valence-electron chi connectivity index (χ0n) is 7.30. The third kappa shape index (κ3) is 3.37. The van der Waals surface area contributed by atoms with Crippen molar-refractivity contribution in [3.63, 3.8) is 0 Å². The fraction of sp³-hybridized carbons (Fsp3) is 0.400. The van der Waals surface area contributed by atoms with Crippen LogP contribution >= 0.6 is 0 Å². The van der Waals surface area contributed by atoms with Gasteiger partial charge in [0.05, 0.1) is 0 Å². The number of hydrogen-bond acceptors (Lipinski definition) is 0. The molecule has 11 heavy (non-hydrogen) atoms. The van der Waals surface area contributed by atoms with Crippen LogP contribution in [0.1, 0.15) is 5.56 Å². The van der Waals surface area contributed by atoms with E-state index in [2.05, 4.69) is 43.4 Å². The van der Waals surface area contributed by atoms with E-state index in [1.165, 1.54) is 18.0 Å². The molecule has 0 amide bonds. The minimum atomic E-state index is -0.0322. The Kier molecular flexibility index (Phi) is 3.37. The average molecular weight is 163 g/mol. The van der Waals surface area contributed by atoms with Crippen LogP contribution in [0.3, 0.4) is 0 Å². The van der Waals surface area contributed by atoms with Crippen LogP contribution in [-0.4, -0.2) is 8.80 Å². The third-order valence-electron chi connectivity index (χ3n) is 1.76. The van der Waals surface area contributed by atoms with E-state index in [9.17, 15) is 0 Å². The molecule has 0 aromatic heterocycles. The zero-order chi connectivity index (χ0) is 8.10. The van der Waals surface area contributed by atoms with E-state index in [1.807, 2.05) is 0 Å². The molecule has 0 fully saturated rings. The molecule has 0 atom stereocenters. The maximum atomic E-state index is 2.37. The molecule has 0 N–H and O–H groups in total. The van der Waals surface area contributed by atoms with Crippen molar-refractivity contribution in [2.24, 2.45) is 0 Å². The lowest BCUT2D eigenvalue weighted by atomic mass is 10.2. The van der Waals surface area contributed by atoms with Crippen molar-refractivity contribution >= 4 is 8.80 Å². The summed E-state index contributed by atoms with van der Waals surface area (Å²) >= 11 is 0. The molecule has 59 valence electrons. The second-order valence-corrected chi connectivity index (χ2v) is 6.11. The molecule has 0 aliphatic rings. The van der Waals surface area contributed by atoms with Crippen LogP contribution in [-0.2, 0) is 6.42 Å². The molecule has 0 heterocycles. The van der Waals surface area contributed by atoms with Gasteiger partial charge >= 0.3 is 0 Å². The van der Waals surface area contributed by atoms with Gasteiger partial charge in [-0.25, -0.2) is 0 Å². The predicted molar refractivity (Wildman–Crippen MR) is 52.4 cm³/mol. The summed E-state index contributed by atoms with van der Waals surface area (Å²) in [7, 11) is -0.0322.